The van der Waals surface area contributed by atoms with Crippen molar-refractivity contribution in [2.24, 2.45) is 5.92 Å². The molecular weight excluding hydrogens is 218 g/mol. The fraction of sp³-hybridized carbons (Fsp3) is 0.846. The lowest BCUT2D eigenvalue weighted by atomic mass is 10.0. The van der Waals surface area contributed by atoms with Gasteiger partial charge in [-0.2, -0.15) is 0 Å². The summed E-state index contributed by atoms with van der Waals surface area (Å²) in [6, 6.07) is -0.564. The van der Waals surface area contributed by atoms with Crippen molar-refractivity contribution in [1.82, 2.24) is 4.90 Å². The maximum atomic E-state index is 12.0. The van der Waals surface area contributed by atoms with E-state index in [0.717, 1.165) is 12.8 Å². The summed E-state index contributed by atoms with van der Waals surface area (Å²) in [5.41, 5.74) is 0. The van der Waals surface area contributed by atoms with E-state index in [9.17, 15) is 9.59 Å². The number of carboxylic acid groups (broad SMARTS) is 1. The van der Waals surface area contributed by atoms with Crippen LogP contribution in [0.4, 0.5) is 0 Å². The predicted octanol–water partition coefficient (Wildman–Crippen LogP) is 2.03. The summed E-state index contributed by atoms with van der Waals surface area (Å²) >= 11 is 0. The molecule has 0 bridgehead atoms. The first kappa shape index (κ1) is 12.4. The van der Waals surface area contributed by atoms with Crippen molar-refractivity contribution in [2.45, 2.75) is 57.4 Å². The largest absolute Gasteiger partial charge is 0.480 e. The fourth-order valence-corrected chi connectivity index (χ4v) is 3.09. The molecule has 1 atom stereocenters. The highest BCUT2D eigenvalue weighted by Crippen LogP contribution is 2.29. The number of carbonyl (C=O) groups is 2. The zero-order chi connectivity index (χ0) is 12.3. The lowest BCUT2D eigenvalue weighted by molar-refractivity contribution is -0.148. The van der Waals surface area contributed by atoms with Crippen LogP contribution in [0.1, 0.15) is 51.4 Å². The van der Waals surface area contributed by atoms with Crippen LogP contribution in [0.5, 0.6) is 0 Å². The molecule has 2 fully saturated rings. The number of amides is 1. The third kappa shape index (κ3) is 2.99. The van der Waals surface area contributed by atoms with Crippen molar-refractivity contribution < 1.29 is 14.7 Å². The molecule has 1 N–H and O–H groups in total. The van der Waals surface area contributed by atoms with Crippen LogP contribution in [-0.4, -0.2) is 34.5 Å². The molecule has 4 nitrogen and oxygen atoms in total. The first-order chi connectivity index (χ1) is 8.18. The van der Waals surface area contributed by atoms with Crippen LogP contribution in [0, 0.1) is 5.92 Å². The van der Waals surface area contributed by atoms with E-state index >= 15 is 0 Å². The van der Waals surface area contributed by atoms with Gasteiger partial charge in [-0.15, -0.1) is 0 Å². The lowest BCUT2D eigenvalue weighted by Gasteiger charge is -2.22. The smallest absolute Gasteiger partial charge is 0.326 e. The van der Waals surface area contributed by atoms with Gasteiger partial charge in [0.1, 0.15) is 6.04 Å². The van der Waals surface area contributed by atoms with Gasteiger partial charge in [-0.05, 0) is 25.2 Å². The van der Waals surface area contributed by atoms with Crippen molar-refractivity contribution >= 4 is 11.9 Å². The van der Waals surface area contributed by atoms with Crippen molar-refractivity contribution in [3.8, 4) is 0 Å². The van der Waals surface area contributed by atoms with Gasteiger partial charge in [0.2, 0.25) is 5.91 Å². The number of carbonyl (C=O) groups excluding carboxylic acids is 1. The van der Waals surface area contributed by atoms with Crippen molar-refractivity contribution in [2.75, 3.05) is 6.54 Å². The van der Waals surface area contributed by atoms with Gasteiger partial charge >= 0.3 is 5.97 Å². The Labute approximate surface area is 102 Å². The van der Waals surface area contributed by atoms with E-state index in [1.54, 1.807) is 4.90 Å². The average molecular weight is 239 g/mol. The van der Waals surface area contributed by atoms with Gasteiger partial charge in [-0.1, -0.05) is 25.7 Å². The highest BCUT2D eigenvalue weighted by atomic mass is 16.4. The Morgan fingerprint density at radius 1 is 1.12 bits per heavy atom. The number of nitrogens with zero attached hydrogens (tertiary/aromatic N) is 1. The third-order valence-electron chi connectivity index (χ3n) is 4.10. The summed E-state index contributed by atoms with van der Waals surface area (Å²) in [4.78, 5) is 24.5. The molecule has 0 aromatic rings. The minimum Gasteiger partial charge on any atom is -0.480 e. The van der Waals surface area contributed by atoms with Crippen LogP contribution in [-0.2, 0) is 9.59 Å². The van der Waals surface area contributed by atoms with Gasteiger partial charge in [0.05, 0.1) is 0 Å². The number of hydrogen-bond acceptors (Lipinski definition) is 2. The minimum absolute atomic E-state index is 0.0433. The monoisotopic (exact) mass is 239 g/mol. The topological polar surface area (TPSA) is 57.6 Å². The van der Waals surface area contributed by atoms with E-state index in [2.05, 4.69) is 0 Å². The Morgan fingerprint density at radius 3 is 2.47 bits per heavy atom. The van der Waals surface area contributed by atoms with Crippen LogP contribution in [0.25, 0.3) is 0 Å². The molecule has 0 aromatic carbocycles. The number of likely N-dealkylation sites (tertiary alicyclic amines) is 1. The normalized spacial score (nSPS) is 25.4. The molecule has 1 saturated carbocycles. The third-order valence-corrected chi connectivity index (χ3v) is 4.10. The Bertz CT molecular complexity index is 297. The summed E-state index contributed by atoms with van der Waals surface area (Å²) in [7, 11) is 0. The zero-order valence-corrected chi connectivity index (χ0v) is 10.2. The summed E-state index contributed by atoms with van der Waals surface area (Å²) in [6.45, 7) is 0.625. The van der Waals surface area contributed by atoms with E-state index < -0.39 is 12.0 Å². The fourth-order valence-electron chi connectivity index (χ4n) is 3.09. The van der Waals surface area contributed by atoms with Crippen LogP contribution >= 0.6 is 0 Å². The Kier molecular flexibility index (Phi) is 4.02. The van der Waals surface area contributed by atoms with E-state index in [1.807, 2.05) is 0 Å². The molecule has 1 amide bonds. The summed E-state index contributed by atoms with van der Waals surface area (Å²) < 4.78 is 0. The Balaban J connectivity index is 1.80. The van der Waals surface area contributed by atoms with Crippen LogP contribution in [0.2, 0.25) is 0 Å². The van der Waals surface area contributed by atoms with Crippen LogP contribution < -0.4 is 0 Å². The van der Waals surface area contributed by atoms with Crippen LogP contribution in [0.3, 0.4) is 0 Å². The molecule has 1 unspecified atom stereocenters. The maximum absolute atomic E-state index is 12.0. The van der Waals surface area contributed by atoms with Crippen LogP contribution in [0.15, 0.2) is 0 Å². The average Bonchev–Trinajstić information content (AvgIpc) is 2.96. The SMILES string of the molecule is O=C(O)C1CCCN1C(=O)CCC1CCCC1. The summed E-state index contributed by atoms with van der Waals surface area (Å²) in [6.07, 6.45) is 8.00. The summed E-state index contributed by atoms with van der Waals surface area (Å²) in [5, 5.41) is 9.02. The van der Waals surface area contributed by atoms with E-state index in [4.69, 9.17) is 5.11 Å². The lowest BCUT2D eigenvalue weighted by Crippen LogP contribution is -2.40. The Hall–Kier alpha value is -1.06. The highest BCUT2D eigenvalue weighted by molar-refractivity contribution is 5.84. The minimum atomic E-state index is -0.850. The molecule has 2 rings (SSSR count). The van der Waals surface area contributed by atoms with Gasteiger partial charge in [0, 0.05) is 13.0 Å². The van der Waals surface area contributed by atoms with Gasteiger partial charge in [-0.3, -0.25) is 4.79 Å². The highest BCUT2D eigenvalue weighted by Gasteiger charge is 2.33. The molecule has 1 saturated heterocycles. The van der Waals surface area contributed by atoms with Gasteiger partial charge in [-0.25, -0.2) is 4.79 Å². The second-order valence-electron chi connectivity index (χ2n) is 5.27. The quantitative estimate of drug-likeness (QED) is 0.816. The number of hydrogen-bond donors (Lipinski definition) is 1. The molecule has 0 aromatic heterocycles. The number of carboxylic acids is 1. The molecule has 4 heteroatoms. The molecular formula is C13H21NO3. The van der Waals surface area contributed by atoms with Gasteiger partial charge in [0.15, 0.2) is 0 Å². The van der Waals surface area contributed by atoms with E-state index in [1.165, 1.54) is 25.7 Å². The molecule has 1 heterocycles. The van der Waals surface area contributed by atoms with Crippen molar-refractivity contribution in [1.29, 1.82) is 0 Å². The first-order valence-electron chi connectivity index (χ1n) is 6.71. The summed E-state index contributed by atoms with van der Waals surface area (Å²) in [5.74, 6) is -0.108. The van der Waals surface area contributed by atoms with Gasteiger partial charge < -0.3 is 10.0 Å². The Morgan fingerprint density at radius 2 is 1.82 bits per heavy atom. The first-order valence-corrected chi connectivity index (χ1v) is 6.71. The second kappa shape index (κ2) is 5.52. The number of rotatable bonds is 4. The van der Waals surface area contributed by atoms with E-state index in [-0.39, 0.29) is 5.91 Å². The molecule has 17 heavy (non-hydrogen) atoms. The predicted molar refractivity (Wildman–Crippen MR) is 63.6 cm³/mol. The van der Waals surface area contributed by atoms with E-state index in [0.29, 0.717) is 25.3 Å². The molecule has 0 spiro atoms. The van der Waals surface area contributed by atoms with Crippen molar-refractivity contribution in [3.05, 3.63) is 0 Å². The molecule has 96 valence electrons. The zero-order valence-electron chi connectivity index (χ0n) is 10.2. The molecule has 0 radical (unpaired) electrons. The van der Waals surface area contributed by atoms with Crippen molar-refractivity contribution in [3.63, 3.8) is 0 Å². The molecule has 1 aliphatic carbocycles. The standard InChI is InChI=1S/C13H21NO3/c15-12(8-7-10-4-1-2-5-10)14-9-3-6-11(14)13(16)17/h10-11H,1-9H2,(H,16,17). The van der Waals surface area contributed by atoms with Gasteiger partial charge in [0.25, 0.3) is 0 Å². The number of aliphatic carboxylic acids is 1. The molecule has 1 aliphatic heterocycles. The molecule has 2 aliphatic rings. The second-order valence-corrected chi connectivity index (χ2v) is 5.27. The maximum Gasteiger partial charge on any atom is 0.326 e.